The minimum Gasteiger partial charge on any atom is -0.508 e. The van der Waals surface area contributed by atoms with E-state index >= 15 is 0 Å². The molecule has 0 spiro atoms. The SMILES string of the molecule is COc1cccc2c(=O)n(-c3cccc(O)c3)c(=O)[nH]c12. The van der Waals surface area contributed by atoms with Crippen LogP contribution < -0.4 is 16.0 Å². The van der Waals surface area contributed by atoms with Gasteiger partial charge in [0.25, 0.3) is 5.56 Å². The highest BCUT2D eigenvalue weighted by Gasteiger charge is 2.12. The summed E-state index contributed by atoms with van der Waals surface area (Å²) in [6.45, 7) is 0. The Morgan fingerprint density at radius 1 is 1.14 bits per heavy atom. The van der Waals surface area contributed by atoms with E-state index in [0.717, 1.165) is 4.57 Å². The number of aromatic nitrogens is 2. The normalized spacial score (nSPS) is 10.7. The molecule has 6 nitrogen and oxygen atoms in total. The number of H-pyrrole nitrogens is 1. The van der Waals surface area contributed by atoms with Gasteiger partial charge in [-0.25, -0.2) is 9.36 Å². The number of para-hydroxylation sites is 1. The van der Waals surface area contributed by atoms with Gasteiger partial charge in [0.05, 0.1) is 23.7 Å². The maximum Gasteiger partial charge on any atom is 0.333 e. The summed E-state index contributed by atoms with van der Waals surface area (Å²) in [5.41, 5.74) is -0.418. The predicted molar refractivity (Wildman–Crippen MR) is 78.4 cm³/mol. The number of methoxy groups -OCH3 is 1. The van der Waals surface area contributed by atoms with Gasteiger partial charge in [-0.15, -0.1) is 0 Å². The van der Waals surface area contributed by atoms with Gasteiger partial charge in [0.15, 0.2) is 0 Å². The Hall–Kier alpha value is -3.02. The van der Waals surface area contributed by atoms with Crippen molar-refractivity contribution in [2.45, 2.75) is 0 Å². The summed E-state index contributed by atoms with van der Waals surface area (Å²) in [4.78, 5) is 27.4. The van der Waals surface area contributed by atoms with Crippen molar-refractivity contribution in [3.8, 4) is 17.2 Å². The van der Waals surface area contributed by atoms with Crippen LogP contribution in [-0.4, -0.2) is 21.8 Å². The first-order valence-electron chi connectivity index (χ1n) is 6.23. The third-order valence-electron chi connectivity index (χ3n) is 3.20. The molecule has 106 valence electrons. The number of nitrogens with one attached hydrogen (secondary N) is 1. The molecule has 21 heavy (non-hydrogen) atoms. The fourth-order valence-electron chi connectivity index (χ4n) is 2.25. The third-order valence-corrected chi connectivity index (χ3v) is 3.20. The number of hydrogen-bond donors (Lipinski definition) is 2. The van der Waals surface area contributed by atoms with Gasteiger partial charge in [0.1, 0.15) is 11.5 Å². The van der Waals surface area contributed by atoms with Crippen LogP contribution in [0.25, 0.3) is 16.6 Å². The standard InChI is InChI=1S/C15H12N2O4/c1-21-12-7-3-6-11-13(12)16-15(20)17(14(11)19)9-4-2-5-10(18)8-9/h2-8,18H,1H3,(H,16,20). The largest absolute Gasteiger partial charge is 0.508 e. The molecule has 0 radical (unpaired) electrons. The van der Waals surface area contributed by atoms with E-state index in [-0.39, 0.29) is 5.75 Å². The molecule has 0 atom stereocenters. The number of fused-ring (bicyclic) bond motifs is 1. The molecule has 0 saturated carbocycles. The van der Waals surface area contributed by atoms with Crippen LogP contribution >= 0.6 is 0 Å². The first-order chi connectivity index (χ1) is 10.1. The number of rotatable bonds is 2. The van der Waals surface area contributed by atoms with Gasteiger partial charge in [-0.2, -0.15) is 0 Å². The van der Waals surface area contributed by atoms with Crippen LogP contribution in [0.3, 0.4) is 0 Å². The molecule has 0 fully saturated rings. The summed E-state index contributed by atoms with van der Waals surface area (Å²) in [6.07, 6.45) is 0. The van der Waals surface area contributed by atoms with Crippen molar-refractivity contribution < 1.29 is 9.84 Å². The van der Waals surface area contributed by atoms with Crippen LogP contribution in [0.15, 0.2) is 52.1 Å². The van der Waals surface area contributed by atoms with E-state index in [1.165, 1.54) is 19.2 Å². The summed E-state index contributed by atoms with van der Waals surface area (Å²) < 4.78 is 6.12. The summed E-state index contributed by atoms with van der Waals surface area (Å²) in [5, 5.41) is 9.83. The smallest absolute Gasteiger partial charge is 0.333 e. The van der Waals surface area contributed by atoms with Crippen LogP contribution in [0.4, 0.5) is 0 Å². The zero-order chi connectivity index (χ0) is 15.0. The molecule has 0 aliphatic carbocycles. The highest BCUT2D eigenvalue weighted by atomic mass is 16.5. The number of phenolic OH excluding ortho intramolecular Hbond substituents is 1. The lowest BCUT2D eigenvalue weighted by Crippen LogP contribution is -2.33. The molecule has 3 aromatic rings. The van der Waals surface area contributed by atoms with Gasteiger partial charge < -0.3 is 14.8 Å². The van der Waals surface area contributed by atoms with Crippen molar-refractivity contribution in [3.63, 3.8) is 0 Å². The summed E-state index contributed by atoms with van der Waals surface area (Å²) in [6, 6.07) is 10.9. The van der Waals surface area contributed by atoms with Crippen molar-refractivity contribution in [1.29, 1.82) is 0 Å². The van der Waals surface area contributed by atoms with E-state index in [4.69, 9.17) is 4.74 Å². The lowest BCUT2D eigenvalue weighted by molar-refractivity contribution is 0.418. The molecule has 3 rings (SSSR count). The van der Waals surface area contributed by atoms with Crippen molar-refractivity contribution in [2.24, 2.45) is 0 Å². The van der Waals surface area contributed by atoms with E-state index in [9.17, 15) is 14.7 Å². The van der Waals surface area contributed by atoms with Crippen LogP contribution in [0, 0.1) is 0 Å². The third kappa shape index (κ3) is 2.06. The first-order valence-corrected chi connectivity index (χ1v) is 6.23. The van der Waals surface area contributed by atoms with Crippen LogP contribution in [0.1, 0.15) is 0 Å². The molecule has 2 N–H and O–H groups in total. The number of benzene rings is 2. The number of hydrogen-bond acceptors (Lipinski definition) is 4. The van der Waals surface area contributed by atoms with Gasteiger partial charge in [0.2, 0.25) is 0 Å². The summed E-state index contributed by atoms with van der Waals surface area (Å²) in [7, 11) is 1.47. The van der Waals surface area contributed by atoms with Crippen LogP contribution in [0.2, 0.25) is 0 Å². The Balaban J connectivity index is 2.41. The molecule has 2 aromatic carbocycles. The Bertz CT molecular complexity index is 940. The molecule has 0 saturated heterocycles. The second-order valence-corrected chi connectivity index (χ2v) is 4.47. The second-order valence-electron chi connectivity index (χ2n) is 4.47. The fraction of sp³-hybridized carbons (Fsp3) is 0.0667. The van der Waals surface area contributed by atoms with Crippen LogP contribution in [0.5, 0.6) is 11.5 Å². The molecular weight excluding hydrogens is 272 g/mol. The lowest BCUT2D eigenvalue weighted by atomic mass is 10.2. The van der Waals surface area contributed by atoms with Crippen molar-refractivity contribution in [3.05, 3.63) is 63.3 Å². The second kappa shape index (κ2) is 4.82. The monoisotopic (exact) mass is 284 g/mol. The topological polar surface area (TPSA) is 84.3 Å². The number of nitrogens with zero attached hydrogens (tertiary/aromatic N) is 1. The minimum atomic E-state index is -0.595. The fourth-order valence-corrected chi connectivity index (χ4v) is 2.25. The van der Waals surface area contributed by atoms with Gasteiger partial charge in [-0.05, 0) is 24.3 Å². The quantitative estimate of drug-likeness (QED) is 0.745. The molecule has 6 heteroatoms. The minimum absolute atomic E-state index is 0.0236. The Morgan fingerprint density at radius 2 is 1.90 bits per heavy atom. The van der Waals surface area contributed by atoms with Gasteiger partial charge >= 0.3 is 5.69 Å². The number of ether oxygens (including phenoxy) is 1. The molecule has 0 unspecified atom stereocenters. The van der Waals surface area contributed by atoms with Gasteiger partial charge in [-0.1, -0.05) is 12.1 Å². The highest BCUT2D eigenvalue weighted by Crippen LogP contribution is 2.20. The number of aromatic amines is 1. The molecular formula is C15H12N2O4. The van der Waals surface area contributed by atoms with E-state index in [1.807, 2.05) is 0 Å². The van der Waals surface area contributed by atoms with E-state index in [1.54, 1.807) is 30.3 Å². The van der Waals surface area contributed by atoms with Crippen LogP contribution in [-0.2, 0) is 0 Å². The average molecular weight is 284 g/mol. The van der Waals surface area contributed by atoms with E-state index in [0.29, 0.717) is 22.3 Å². The molecule has 1 aromatic heterocycles. The van der Waals surface area contributed by atoms with Crippen molar-refractivity contribution in [2.75, 3.05) is 7.11 Å². The zero-order valence-corrected chi connectivity index (χ0v) is 11.2. The van der Waals surface area contributed by atoms with E-state index in [2.05, 4.69) is 4.98 Å². The Kier molecular flexibility index (Phi) is 2.98. The number of aromatic hydroxyl groups is 1. The number of phenols is 1. The first kappa shape index (κ1) is 13.0. The summed E-state index contributed by atoms with van der Waals surface area (Å²) in [5.74, 6) is 0.397. The molecule has 1 heterocycles. The lowest BCUT2D eigenvalue weighted by Gasteiger charge is -2.09. The van der Waals surface area contributed by atoms with Gasteiger partial charge in [0, 0.05) is 6.07 Å². The highest BCUT2D eigenvalue weighted by molar-refractivity contribution is 5.83. The molecule has 0 bridgehead atoms. The maximum atomic E-state index is 12.5. The zero-order valence-electron chi connectivity index (χ0n) is 11.2. The predicted octanol–water partition coefficient (Wildman–Crippen LogP) is 1.39. The maximum absolute atomic E-state index is 12.5. The van der Waals surface area contributed by atoms with Crippen molar-refractivity contribution >= 4 is 10.9 Å². The van der Waals surface area contributed by atoms with E-state index < -0.39 is 11.2 Å². The molecule has 0 aliphatic heterocycles. The Labute approximate surface area is 118 Å². The molecule has 0 amide bonds. The summed E-state index contributed by atoms with van der Waals surface area (Å²) >= 11 is 0. The van der Waals surface area contributed by atoms with Crippen molar-refractivity contribution in [1.82, 2.24) is 9.55 Å². The Morgan fingerprint density at radius 3 is 2.62 bits per heavy atom. The van der Waals surface area contributed by atoms with Gasteiger partial charge in [-0.3, -0.25) is 4.79 Å². The molecule has 0 aliphatic rings. The average Bonchev–Trinajstić information content (AvgIpc) is 2.47.